The molecule has 0 spiro atoms. The van der Waals surface area contributed by atoms with Crippen LogP contribution in [-0.2, 0) is 6.54 Å². The molecule has 0 aliphatic carbocycles. The van der Waals surface area contributed by atoms with Crippen LogP contribution in [0, 0.1) is 0 Å². The topological polar surface area (TPSA) is 29.9 Å². The molecule has 1 heterocycles. The van der Waals surface area contributed by atoms with Crippen molar-refractivity contribution in [3.05, 3.63) is 18.2 Å². The highest BCUT2D eigenvalue weighted by atomic mass is 32.2. The standard InChI is InChI=1S/C12H23N3S/c1-4-7-15-8-6-14-12(15)11(13-3)10-16-9-5-2/h6,8,11,13H,4-5,7,9-10H2,1-3H3. The van der Waals surface area contributed by atoms with Gasteiger partial charge < -0.3 is 9.88 Å². The van der Waals surface area contributed by atoms with Crippen molar-refractivity contribution in [2.24, 2.45) is 0 Å². The van der Waals surface area contributed by atoms with Crippen molar-refractivity contribution >= 4 is 11.8 Å². The smallest absolute Gasteiger partial charge is 0.126 e. The first kappa shape index (κ1) is 13.6. The van der Waals surface area contributed by atoms with E-state index in [0.717, 1.165) is 18.7 Å². The molecule has 1 rings (SSSR count). The second-order valence-electron chi connectivity index (χ2n) is 3.90. The van der Waals surface area contributed by atoms with Crippen molar-refractivity contribution in [2.75, 3.05) is 18.6 Å². The van der Waals surface area contributed by atoms with Gasteiger partial charge in [0.1, 0.15) is 5.82 Å². The second-order valence-corrected chi connectivity index (χ2v) is 5.04. The maximum Gasteiger partial charge on any atom is 0.126 e. The van der Waals surface area contributed by atoms with Crippen LogP contribution in [-0.4, -0.2) is 28.1 Å². The Morgan fingerprint density at radius 3 is 2.88 bits per heavy atom. The highest BCUT2D eigenvalue weighted by molar-refractivity contribution is 7.99. The molecule has 0 aliphatic heterocycles. The molecule has 3 nitrogen and oxygen atoms in total. The summed E-state index contributed by atoms with van der Waals surface area (Å²) in [7, 11) is 2.02. The van der Waals surface area contributed by atoms with Crippen molar-refractivity contribution < 1.29 is 0 Å². The molecule has 92 valence electrons. The molecular formula is C12H23N3S. The Morgan fingerprint density at radius 1 is 1.44 bits per heavy atom. The van der Waals surface area contributed by atoms with Crippen LogP contribution in [0.3, 0.4) is 0 Å². The molecule has 0 saturated carbocycles. The minimum atomic E-state index is 0.373. The third-order valence-electron chi connectivity index (χ3n) is 2.51. The van der Waals surface area contributed by atoms with Gasteiger partial charge in [0.25, 0.3) is 0 Å². The number of hydrogen-bond acceptors (Lipinski definition) is 3. The van der Waals surface area contributed by atoms with Crippen molar-refractivity contribution in [3.8, 4) is 0 Å². The molecule has 0 saturated heterocycles. The van der Waals surface area contributed by atoms with Crippen LogP contribution in [0.1, 0.15) is 38.6 Å². The molecule has 1 atom stereocenters. The molecule has 0 bridgehead atoms. The average Bonchev–Trinajstić information content (AvgIpc) is 2.73. The molecule has 0 radical (unpaired) electrons. The third-order valence-corrected chi connectivity index (χ3v) is 3.77. The largest absolute Gasteiger partial charge is 0.334 e. The zero-order valence-corrected chi connectivity index (χ0v) is 11.4. The van der Waals surface area contributed by atoms with E-state index in [-0.39, 0.29) is 0 Å². The molecule has 1 aromatic heterocycles. The summed E-state index contributed by atoms with van der Waals surface area (Å²) in [5, 5.41) is 3.36. The summed E-state index contributed by atoms with van der Waals surface area (Å²) in [6.07, 6.45) is 6.37. The first-order chi connectivity index (χ1) is 7.83. The highest BCUT2D eigenvalue weighted by Crippen LogP contribution is 2.17. The van der Waals surface area contributed by atoms with Gasteiger partial charge in [-0.3, -0.25) is 0 Å². The zero-order valence-electron chi connectivity index (χ0n) is 10.6. The van der Waals surface area contributed by atoms with E-state index < -0.39 is 0 Å². The van der Waals surface area contributed by atoms with Crippen LogP contribution in [0.2, 0.25) is 0 Å². The number of thioether (sulfide) groups is 1. The summed E-state index contributed by atoms with van der Waals surface area (Å²) >= 11 is 2.00. The van der Waals surface area contributed by atoms with Gasteiger partial charge in [-0.2, -0.15) is 11.8 Å². The lowest BCUT2D eigenvalue weighted by Crippen LogP contribution is -2.23. The van der Waals surface area contributed by atoms with Crippen LogP contribution in [0.4, 0.5) is 0 Å². The summed E-state index contributed by atoms with van der Waals surface area (Å²) in [4.78, 5) is 4.47. The monoisotopic (exact) mass is 241 g/mol. The van der Waals surface area contributed by atoms with E-state index in [1.165, 1.54) is 18.0 Å². The zero-order chi connectivity index (χ0) is 11.8. The Bertz CT molecular complexity index is 286. The van der Waals surface area contributed by atoms with E-state index in [0.29, 0.717) is 6.04 Å². The van der Waals surface area contributed by atoms with Crippen molar-refractivity contribution in [3.63, 3.8) is 0 Å². The Kier molecular flexibility index (Phi) is 6.57. The number of hydrogen-bond donors (Lipinski definition) is 1. The lowest BCUT2D eigenvalue weighted by Gasteiger charge is -2.17. The summed E-state index contributed by atoms with van der Waals surface area (Å²) in [5.74, 6) is 3.51. The fraction of sp³-hybridized carbons (Fsp3) is 0.750. The van der Waals surface area contributed by atoms with E-state index in [1.54, 1.807) is 0 Å². The summed E-state index contributed by atoms with van der Waals surface area (Å²) in [6, 6.07) is 0.373. The van der Waals surface area contributed by atoms with Crippen molar-refractivity contribution in [2.45, 2.75) is 39.3 Å². The predicted octanol–water partition coefficient (Wildman–Crippen LogP) is 2.70. The van der Waals surface area contributed by atoms with Crippen LogP contribution in [0.5, 0.6) is 0 Å². The fourth-order valence-electron chi connectivity index (χ4n) is 1.69. The first-order valence-electron chi connectivity index (χ1n) is 6.09. The van der Waals surface area contributed by atoms with Crippen LogP contribution < -0.4 is 5.32 Å². The Labute approximate surface area is 103 Å². The van der Waals surface area contributed by atoms with Gasteiger partial charge in [-0.1, -0.05) is 13.8 Å². The van der Waals surface area contributed by atoms with Crippen LogP contribution >= 0.6 is 11.8 Å². The number of rotatable bonds is 8. The molecule has 4 heteroatoms. The fourth-order valence-corrected chi connectivity index (χ4v) is 2.70. The molecule has 0 aliphatic rings. The molecule has 0 aromatic carbocycles. The minimum Gasteiger partial charge on any atom is -0.334 e. The van der Waals surface area contributed by atoms with Gasteiger partial charge in [-0.25, -0.2) is 4.98 Å². The van der Waals surface area contributed by atoms with E-state index in [4.69, 9.17) is 0 Å². The Balaban J connectivity index is 2.59. The van der Waals surface area contributed by atoms with E-state index >= 15 is 0 Å². The van der Waals surface area contributed by atoms with Crippen molar-refractivity contribution in [1.82, 2.24) is 14.9 Å². The second kappa shape index (κ2) is 7.74. The van der Waals surface area contributed by atoms with E-state index in [9.17, 15) is 0 Å². The van der Waals surface area contributed by atoms with E-state index in [2.05, 4.69) is 34.9 Å². The summed E-state index contributed by atoms with van der Waals surface area (Å²) in [5.41, 5.74) is 0. The van der Waals surface area contributed by atoms with Gasteiger partial charge in [-0.05, 0) is 25.6 Å². The molecule has 16 heavy (non-hydrogen) atoms. The maximum absolute atomic E-state index is 4.47. The van der Waals surface area contributed by atoms with Crippen molar-refractivity contribution in [1.29, 1.82) is 0 Å². The number of nitrogens with one attached hydrogen (secondary N) is 1. The Hall–Kier alpha value is -0.480. The molecule has 0 fully saturated rings. The lowest BCUT2D eigenvalue weighted by molar-refractivity contribution is 0.552. The highest BCUT2D eigenvalue weighted by Gasteiger charge is 2.14. The molecule has 1 unspecified atom stereocenters. The number of nitrogens with zero attached hydrogens (tertiary/aromatic N) is 2. The third kappa shape index (κ3) is 3.83. The molecule has 1 aromatic rings. The normalized spacial score (nSPS) is 12.9. The number of imidazole rings is 1. The number of aromatic nitrogens is 2. The average molecular weight is 241 g/mol. The minimum absolute atomic E-state index is 0.373. The van der Waals surface area contributed by atoms with Crippen LogP contribution in [0.25, 0.3) is 0 Å². The van der Waals surface area contributed by atoms with Gasteiger partial charge in [0.15, 0.2) is 0 Å². The van der Waals surface area contributed by atoms with Gasteiger partial charge in [-0.15, -0.1) is 0 Å². The van der Waals surface area contributed by atoms with Gasteiger partial charge in [0.2, 0.25) is 0 Å². The maximum atomic E-state index is 4.47. The molecular weight excluding hydrogens is 218 g/mol. The predicted molar refractivity (Wildman–Crippen MR) is 71.9 cm³/mol. The molecule has 1 N–H and O–H groups in total. The van der Waals surface area contributed by atoms with Gasteiger partial charge in [0, 0.05) is 24.7 Å². The molecule has 0 amide bonds. The van der Waals surface area contributed by atoms with Gasteiger partial charge in [0.05, 0.1) is 6.04 Å². The first-order valence-corrected chi connectivity index (χ1v) is 7.25. The summed E-state index contributed by atoms with van der Waals surface area (Å²) < 4.78 is 2.26. The quantitative estimate of drug-likeness (QED) is 0.710. The number of aryl methyl sites for hydroxylation is 1. The van der Waals surface area contributed by atoms with Gasteiger partial charge >= 0.3 is 0 Å². The summed E-state index contributed by atoms with van der Waals surface area (Å²) in [6.45, 7) is 5.48. The Morgan fingerprint density at radius 2 is 2.25 bits per heavy atom. The van der Waals surface area contributed by atoms with Crippen LogP contribution in [0.15, 0.2) is 12.4 Å². The van der Waals surface area contributed by atoms with E-state index in [1.807, 2.05) is 25.0 Å². The lowest BCUT2D eigenvalue weighted by atomic mass is 10.3. The SMILES string of the molecule is CCCSCC(NC)c1nccn1CCC.